The van der Waals surface area contributed by atoms with Gasteiger partial charge < -0.3 is 9.73 Å². The fourth-order valence-electron chi connectivity index (χ4n) is 2.09. The number of aryl methyl sites for hydroxylation is 1. The molecule has 8 heteroatoms. The number of hydrogen-bond donors (Lipinski definition) is 1. The lowest BCUT2D eigenvalue weighted by atomic mass is 10.2. The highest BCUT2D eigenvalue weighted by Gasteiger charge is 2.23. The maximum Gasteiger partial charge on any atom is 0.319 e. The molecule has 7 nitrogen and oxygen atoms in total. The lowest BCUT2D eigenvalue weighted by Crippen LogP contribution is -2.08. The molecule has 21 heavy (non-hydrogen) atoms. The van der Waals surface area contributed by atoms with E-state index in [1.54, 1.807) is 24.7 Å². The smallest absolute Gasteiger partial charge is 0.319 e. The molecule has 0 spiro atoms. The van der Waals surface area contributed by atoms with E-state index in [0.29, 0.717) is 22.9 Å². The van der Waals surface area contributed by atoms with Gasteiger partial charge in [0, 0.05) is 0 Å². The van der Waals surface area contributed by atoms with Crippen LogP contribution in [0.25, 0.3) is 10.2 Å². The maximum atomic E-state index is 11.3. The first kappa shape index (κ1) is 13.5. The highest BCUT2D eigenvalue weighted by atomic mass is 32.1. The molecule has 1 unspecified atom stereocenters. The number of nitro groups is 1. The second-order valence-electron chi connectivity index (χ2n) is 4.59. The van der Waals surface area contributed by atoms with Gasteiger partial charge in [0.25, 0.3) is 0 Å². The lowest BCUT2D eigenvalue weighted by molar-refractivity contribution is -0.382. The Kier molecular flexibility index (Phi) is 3.30. The third kappa shape index (κ3) is 2.45. The summed E-state index contributed by atoms with van der Waals surface area (Å²) >= 11 is 1.37. The summed E-state index contributed by atoms with van der Waals surface area (Å²) in [6, 6.07) is 3.22. The Labute approximate surface area is 123 Å². The molecule has 108 valence electrons. The Hall–Kier alpha value is -2.48. The van der Waals surface area contributed by atoms with Gasteiger partial charge in [0.15, 0.2) is 5.52 Å². The Balaban J connectivity index is 2.00. The van der Waals surface area contributed by atoms with Crippen molar-refractivity contribution in [3.63, 3.8) is 0 Å². The second-order valence-corrected chi connectivity index (χ2v) is 5.48. The van der Waals surface area contributed by atoms with Gasteiger partial charge in [-0.1, -0.05) is 0 Å². The summed E-state index contributed by atoms with van der Waals surface area (Å²) in [5.74, 6) is 1.18. The third-order valence-electron chi connectivity index (χ3n) is 3.04. The molecule has 2 aromatic heterocycles. The van der Waals surface area contributed by atoms with Gasteiger partial charge >= 0.3 is 5.69 Å². The fourth-order valence-corrected chi connectivity index (χ4v) is 2.76. The molecule has 0 aliphatic rings. The molecule has 0 radical (unpaired) electrons. The predicted molar refractivity (Wildman–Crippen MR) is 79.6 cm³/mol. The number of anilines is 1. The van der Waals surface area contributed by atoms with E-state index < -0.39 is 4.92 Å². The molecule has 0 aliphatic heterocycles. The van der Waals surface area contributed by atoms with E-state index in [2.05, 4.69) is 15.3 Å². The highest BCUT2D eigenvalue weighted by Crippen LogP contribution is 2.35. The maximum absolute atomic E-state index is 11.3. The Morgan fingerprint density at radius 2 is 2.24 bits per heavy atom. The number of rotatable bonds is 4. The van der Waals surface area contributed by atoms with Crippen LogP contribution in [0.3, 0.4) is 0 Å². The summed E-state index contributed by atoms with van der Waals surface area (Å²) in [6.45, 7) is 3.63. The minimum Gasteiger partial charge on any atom is -0.444 e. The quantitative estimate of drug-likeness (QED) is 0.583. The number of fused-ring (bicyclic) bond motifs is 1. The van der Waals surface area contributed by atoms with Crippen LogP contribution in [-0.2, 0) is 0 Å². The summed E-state index contributed by atoms with van der Waals surface area (Å²) in [5, 5.41) is 14.4. The average molecular weight is 304 g/mol. The number of oxazole rings is 1. The normalized spacial score (nSPS) is 12.5. The SMILES string of the molecule is Cc1cnc(C(C)Nc2ccc3scnc3c2[N+](=O)[O-])o1. The van der Waals surface area contributed by atoms with Crippen LogP contribution in [0.4, 0.5) is 11.4 Å². The molecule has 1 atom stereocenters. The van der Waals surface area contributed by atoms with Crippen molar-refractivity contribution >= 4 is 32.9 Å². The van der Waals surface area contributed by atoms with E-state index in [1.807, 2.05) is 13.0 Å². The van der Waals surface area contributed by atoms with Crippen molar-refractivity contribution < 1.29 is 9.34 Å². The Morgan fingerprint density at radius 3 is 2.90 bits per heavy atom. The van der Waals surface area contributed by atoms with E-state index in [-0.39, 0.29) is 11.7 Å². The van der Waals surface area contributed by atoms with Crippen LogP contribution in [0.1, 0.15) is 24.6 Å². The molecule has 1 aromatic carbocycles. The molecule has 0 amide bonds. The van der Waals surface area contributed by atoms with Crippen molar-refractivity contribution in [1.82, 2.24) is 9.97 Å². The molecule has 0 aliphatic carbocycles. The first-order valence-electron chi connectivity index (χ1n) is 6.25. The summed E-state index contributed by atoms with van der Waals surface area (Å²) < 4.78 is 6.22. The van der Waals surface area contributed by atoms with Crippen LogP contribution in [0.2, 0.25) is 0 Å². The summed E-state index contributed by atoms with van der Waals surface area (Å²) in [5.41, 5.74) is 2.37. The number of hydrogen-bond acceptors (Lipinski definition) is 7. The average Bonchev–Trinajstić information content (AvgIpc) is 3.06. The zero-order valence-corrected chi connectivity index (χ0v) is 12.2. The van der Waals surface area contributed by atoms with Crippen molar-refractivity contribution in [2.24, 2.45) is 0 Å². The monoisotopic (exact) mass is 304 g/mol. The van der Waals surface area contributed by atoms with Crippen molar-refractivity contribution in [1.29, 1.82) is 0 Å². The van der Waals surface area contributed by atoms with Crippen LogP contribution in [0.5, 0.6) is 0 Å². The standard InChI is InChI=1S/C13H12N4O3S/c1-7-5-14-13(20-7)8(2)16-9-3-4-10-11(15-6-21-10)12(9)17(18)19/h3-6,8,16H,1-2H3. The minimum absolute atomic E-state index is 0.0242. The molecular formula is C13H12N4O3S. The predicted octanol–water partition coefficient (Wildman–Crippen LogP) is 3.67. The van der Waals surface area contributed by atoms with E-state index in [0.717, 1.165) is 4.70 Å². The van der Waals surface area contributed by atoms with Gasteiger partial charge in [-0.05, 0) is 26.0 Å². The van der Waals surface area contributed by atoms with Crippen molar-refractivity contribution in [2.45, 2.75) is 19.9 Å². The van der Waals surface area contributed by atoms with E-state index in [1.165, 1.54) is 11.3 Å². The molecular weight excluding hydrogens is 292 g/mol. The van der Waals surface area contributed by atoms with Crippen LogP contribution in [-0.4, -0.2) is 14.9 Å². The van der Waals surface area contributed by atoms with E-state index in [9.17, 15) is 10.1 Å². The van der Waals surface area contributed by atoms with Gasteiger partial charge in [-0.2, -0.15) is 0 Å². The van der Waals surface area contributed by atoms with Gasteiger partial charge in [-0.15, -0.1) is 11.3 Å². The molecule has 1 N–H and O–H groups in total. The molecule has 0 saturated carbocycles. The van der Waals surface area contributed by atoms with Crippen molar-refractivity contribution in [2.75, 3.05) is 5.32 Å². The summed E-state index contributed by atoms with van der Waals surface area (Å²) in [7, 11) is 0. The van der Waals surface area contributed by atoms with Crippen LogP contribution in [0.15, 0.2) is 28.3 Å². The first-order valence-corrected chi connectivity index (χ1v) is 7.13. The van der Waals surface area contributed by atoms with Crippen LogP contribution in [0, 0.1) is 17.0 Å². The van der Waals surface area contributed by atoms with Gasteiger partial charge in [-0.25, -0.2) is 9.97 Å². The number of nitro benzene ring substituents is 1. The number of aromatic nitrogens is 2. The number of benzene rings is 1. The van der Waals surface area contributed by atoms with E-state index >= 15 is 0 Å². The lowest BCUT2D eigenvalue weighted by Gasteiger charge is -2.12. The first-order chi connectivity index (χ1) is 10.1. The zero-order valence-electron chi connectivity index (χ0n) is 11.4. The molecule has 3 rings (SSSR count). The van der Waals surface area contributed by atoms with Gasteiger partial charge in [0.1, 0.15) is 17.5 Å². The van der Waals surface area contributed by atoms with Gasteiger partial charge in [0.2, 0.25) is 5.89 Å². The van der Waals surface area contributed by atoms with Crippen LogP contribution < -0.4 is 5.32 Å². The molecule has 3 aromatic rings. The Bertz CT molecular complexity index is 811. The highest BCUT2D eigenvalue weighted by molar-refractivity contribution is 7.16. The topological polar surface area (TPSA) is 94.1 Å². The minimum atomic E-state index is -0.419. The molecule has 0 fully saturated rings. The third-order valence-corrected chi connectivity index (χ3v) is 3.83. The largest absolute Gasteiger partial charge is 0.444 e. The Morgan fingerprint density at radius 1 is 1.43 bits per heavy atom. The summed E-state index contributed by atoms with van der Waals surface area (Å²) in [6.07, 6.45) is 1.62. The van der Waals surface area contributed by atoms with E-state index in [4.69, 9.17) is 4.42 Å². The molecule has 0 saturated heterocycles. The zero-order chi connectivity index (χ0) is 15.0. The molecule has 0 bridgehead atoms. The molecule has 2 heterocycles. The fraction of sp³-hybridized carbons (Fsp3) is 0.231. The van der Waals surface area contributed by atoms with Crippen LogP contribution >= 0.6 is 11.3 Å². The number of nitrogens with one attached hydrogen (secondary N) is 1. The summed E-state index contributed by atoms with van der Waals surface area (Å²) in [4.78, 5) is 19.1. The van der Waals surface area contributed by atoms with Crippen molar-refractivity contribution in [3.8, 4) is 0 Å². The number of nitrogens with zero attached hydrogens (tertiary/aromatic N) is 3. The second kappa shape index (κ2) is 5.13. The van der Waals surface area contributed by atoms with Crippen molar-refractivity contribution in [3.05, 3.63) is 45.6 Å². The number of thiazole rings is 1. The van der Waals surface area contributed by atoms with Gasteiger partial charge in [0.05, 0.1) is 21.3 Å². The van der Waals surface area contributed by atoms with Gasteiger partial charge in [-0.3, -0.25) is 10.1 Å².